The van der Waals surface area contributed by atoms with Crippen molar-refractivity contribution >= 4 is 23.2 Å². The maximum absolute atomic E-state index is 11.8. The summed E-state index contributed by atoms with van der Waals surface area (Å²) in [6, 6.07) is 5.28. The summed E-state index contributed by atoms with van der Waals surface area (Å²) in [7, 11) is 0. The predicted octanol–water partition coefficient (Wildman–Crippen LogP) is 3.20. The van der Waals surface area contributed by atoms with Crippen LogP contribution in [0.2, 0.25) is 5.02 Å². The molecule has 0 aliphatic carbocycles. The van der Waals surface area contributed by atoms with Gasteiger partial charge in [-0.3, -0.25) is 4.79 Å². The molecule has 0 spiro atoms. The van der Waals surface area contributed by atoms with Crippen molar-refractivity contribution < 1.29 is 9.21 Å². The Bertz CT molecular complexity index is 563. The lowest BCUT2D eigenvalue weighted by atomic mass is 10.2. The van der Waals surface area contributed by atoms with Crippen LogP contribution < -0.4 is 5.32 Å². The third-order valence-electron chi connectivity index (χ3n) is 2.26. The Morgan fingerprint density at radius 3 is 2.82 bits per heavy atom. The Balaban J connectivity index is 2.21. The van der Waals surface area contributed by atoms with Crippen molar-refractivity contribution in [1.29, 1.82) is 0 Å². The molecule has 2 aromatic rings. The minimum Gasteiger partial charge on any atom is -0.438 e. The van der Waals surface area contributed by atoms with Crippen molar-refractivity contribution in [2.45, 2.75) is 13.8 Å². The molecule has 17 heavy (non-hydrogen) atoms. The van der Waals surface area contributed by atoms with E-state index in [0.29, 0.717) is 16.5 Å². The molecule has 0 bridgehead atoms. The number of carbonyl (C=O) groups excluding carboxylic acids is 1. The minimum atomic E-state index is -0.386. The number of amides is 1. The van der Waals surface area contributed by atoms with Gasteiger partial charge in [-0.25, -0.2) is 4.98 Å². The largest absolute Gasteiger partial charge is 0.438 e. The van der Waals surface area contributed by atoms with Crippen LogP contribution in [0.4, 0.5) is 5.69 Å². The Hall–Kier alpha value is -1.81. The van der Waals surface area contributed by atoms with Crippen LogP contribution in [0.5, 0.6) is 0 Å². The second-order valence-corrected chi connectivity index (χ2v) is 4.13. The van der Waals surface area contributed by atoms with Gasteiger partial charge in [-0.2, -0.15) is 0 Å². The molecule has 1 aromatic heterocycles. The lowest BCUT2D eigenvalue weighted by molar-refractivity contribution is 0.0989. The van der Waals surface area contributed by atoms with Crippen molar-refractivity contribution in [3.8, 4) is 0 Å². The van der Waals surface area contributed by atoms with E-state index in [9.17, 15) is 4.79 Å². The van der Waals surface area contributed by atoms with Crippen LogP contribution in [0.25, 0.3) is 0 Å². The van der Waals surface area contributed by atoms with Gasteiger partial charge in [0.15, 0.2) is 0 Å². The molecule has 1 heterocycles. The average Bonchev–Trinajstić information content (AvgIpc) is 2.70. The summed E-state index contributed by atoms with van der Waals surface area (Å²) >= 11 is 5.86. The first-order valence-electron chi connectivity index (χ1n) is 5.06. The predicted molar refractivity (Wildman–Crippen MR) is 65.4 cm³/mol. The van der Waals surface area contributed by atoms with E-state index >= 15 is 0 Å². The number of aromatic nitrogens is 1. The number of anilines is 1. The SMILES string of the molecule is Cc1cnc(C(=O)Nc2cc(Cl)ccc2C)o1. The van der Waals surface area contributed by atoms with Gasteiger partial charge in [0.25, 0.3) is 5.89 Å². The molecular formula is C12H11ClN2O2. The lowest BCUT2D eigenvalue weighted by Crippen LogP contribution is -2.13. The standard InChI is InChI=1S/C12H11ClN2O2/c1-7-3-4-9(13)5-10(7)15-11(16)12-14-6-8(2)17-12/h3-6H,1-2H3,(H,15,16). The fourth-order valence-corrected chi connectivity index (χ4v) is 1.54. The van der Waals surface area contributed by atoms with Gasteiger partial charge in [0.05, 0.1) is 6.20 Å². The fourth-order valence-electron chi connectivity index (χ4n) is 1.36. The zero-order valence-electron chi connectivity index (χ0n) is 9.45. The molecule has 4 nitrogen and oxygen atoms in total. The molecule has 0 saturated heterocycles. The van der Waals surface area contributed by atoms with Crippen molar-refractivity contribution in [3.05, 3.63) is 46.6 Å². The van der Waals surface area contributed by atoms with E-state index in [-0.39, 0.29) is 11.8 Å². The molecular weight excluding hydrogens is 240 g/mol. The van der Waals surface area contributed by atoms with Gasteiger partial charge in [0, 0.05) is 10.7 Å². The van der Waals surface area contributed by atoms with Gasteiger partial charge in [0.2, 0.25) is 0 Å². The number of nitrogens with zero attached hydrogens (tertiary/aromatic N) is 1. The molecule has 0 atom stereocenters. The number of oxazole rings is 1. The van der Waals surface area contributed by atoms with Crippen LogP contribution in [0.3, 0.4) is 0 Å². The Labute approximate surface area is 104 Å². The normalized spacial score (nSPS) is 10.3. The van der Waals surface area contributed by atoms with E-state index in [1.807, 2.05) is 13.0 Å². The third kappa shape index (κ3) is 2.65. The molecule has 2 rings (SSSR count). The highest BCUT2D eigenvalue weighted by Crippen LogP contribution is 2.20. The highest BCUT2D eigenvalue weighted by Gasteiger charge is 2.13. The van der Waals surface area contributed by atoms with Gasteiger partial charge >= 0.3 is 5.91 Å². The molecule has 0 saturated carbocycles. The van der Waals surface area contributed by atoms with Gasteiger partial charge in [0.1, 0.15) is 5.76 Å². The summed E-state index contributed by atoms with van der Waals surface area (Å²) in [5, 5.41) is 3.27. The van der Waals surface area contributed by atoms with E-state index in [1.165, 1.54) is 6.20 Å². The first kappa shape index (κ1) is 11.7. The summed E-state index contributed by atoms with van der Waals surface area (Å²) in [4.78, 5) is 15.6. The van der Waals surface area contributed by atoms with Crippen LogP contribution >= 0.6 is 11.6 Å². The Morgan fingerprint density at radius 2 is 2.18 bits per heavy atom. The highest BCUT2D eigenvalue weighted by molar-refractivity contribution is 6.31. The Morgan fingerprint density at radius 1 is 1.41 bits per heavy atom. The highest BCUT2D eigenvalue weighted by atomic mass is 35.5. The van der Waals surface area contributed by atoms with E-state index < -0.39 is 0 Å². The molecule has 0 unspecified atom stereocenters. The van der Waals surface area contributed by atoms with Gasteiger partial charge in [-0.1, -0.05) is 17.7 Å². The lowest BCUT2D eigenvalue weighted by Gasteiger charge is -2.06. The Kier molecular flexibility index (Phi) is 3.15. The average molecular weight is 251 g/mol. The zero-order valence-corrected chi connectivity index (χ0v) is 10.2. The number of halogens is 1. The number of carbonyl (C=O) groups is 1. The van der Waals surface area contributed by atoms with E-state index in [1.54, 1.807) is 19.1 Å². The van der Waals surface area contributed by atoms with Gasteiger partial charge in [-0.15, -0.1) is 0 Å². The topological polar surface area (TPSA) is 55.1 Å². The van der Waals surface area contributed by atoms with E-state index in [4.69, 9.17) is 16.0 Å². The molecule has 5 heteroatoms. The monoisotopic (exact) mass is 250 g/mol. The molecule has 0 aliphatic rings. The van der Waals surface area contributed by atoms with Gasteiger partial charge in [-0.05, 0) is 31.5 Å². The maximum Gasteiger partial charge on any atom is 0.311 e. The van der Waals surface area contributed by atoms with Crippen LogP contribution in [0.15, 0.2) is 28.8 Å². The summed E-state index contributed by atoms with van der Waals surface area (Å²) < 4.78 is 5.13. The van der Waals surface area contributed by atoms with E-state index in [0.717, 1.165) is 5.56 Å². The smallest absolute Gasteiger partial charge is 0.311 e. The van der Waals surface area contributed by atoms with E-state index in [2.05, 4.69) is 10.3 Å². The van der Waals surface area contributed by atoms with Crippen LogP contribution in [0, 0.1) is 13.8 Å². The molecule has 1 amide bonds. The second kappa shape index (κ2) is 4.59. The number of hydrogen-bond donors (Lipinski definition) is 1. The number of aryl methyl sites for hydroxylation is 2. The summed E-state index contributed by atoms with van der Waals surface area (Å²) in [5.41, 5.74) is 1.57. The van der Waals surface area contributed by atoms with Crippen molar-refractivity contribution in [1.82, 2.24) is 4.98 Å². The third-order valence-corrected chi connectivity index (χ3v) is 2.50. The molecule has 1 N–H and O–H groups in total. The van der Waals surface area contributed by atoms with Crippen LogP contribution in [0.1, 0.15) is 22.0 Å². The van der Waals surface area contributed by atoms with Crippen LogP contribution in [-0.4, -0.2) is 10.9 Å². The first-order valence-corrected chi connectivity index (χ1v) is 5.44. The van der Waals surface area contributed by atoms with Crippen molar-refractivity contribution in [2.75, 3.05) is 5.32 Å². The van der Waals surface area contributed by atoms with Crippen molar-refractivity contribution in [3.63, 3.8) is 0 Å². The summed E-state index contributed by atoms with van der Waals surface area (Å²) in [6.07, 6.45) is 1.50. The molecule has 0 aliphatic heterocycles. The molecule has 88 valence electrons. The second-order valence-electron chi connectivity index (χ2n) is 3.69. The quantitative estimate of drug-likeness (QED) is 0.891. The number of nitrogens with one attached hydrogen (secondary N) is 1. The minimum absolute atomic E-state index is 0.0434. The maximum atomic E-state index is 11.8. The van der Waals surface area contributed by atoms with Crippen LogP contribution in [-0.2, 0) is 0 Å². The van der Waals surface area contributed by atoms with Crippen molar-refractivity contribution in [2.24, 2.45) is 0 Å². The zero-order chi connectivity index (χ0) is 12.4. The first-order chi connectivity index (χ1) is 8.06. The van der Waals surface area contributed by atoms with Gasteiger partial charge < -0.3 is 9.73 Å². The molecule has 1 aromatic carbocycles. The summed E-state index contributed by atoms with van der Waals surface area (Å²) in [5.74, 6) is 0.253. The number of rotatable bonds is 2. The number of benzene rings is 1. The molecule has 0 fully saturated rings. The summed E-state index contributed by atoms with van der Waals surface area (Å²) in [6.45, 7) is 3.61. The molecule has 0 radical (unpaired) electrons. The fraction of sp³-hybridized carbons (Fsp3) is 0.167. The number of hydrogen-bond acceptors (Lipinski definition) is 3.